The van der Waals surface area contributed by atoms with Gasteiger partial charge in [-0.15, -0.1) is 5.10 Å². The molecule has 0 spiro atoms. The Morgan fingerprint density at radius 3 is 2.89 bits per heavy atom. The lowest BCUT2D eigenvalue weighted by Crippen LogP contribution is -2.42. The number of aromatic nitrogens is 2. The molecule has 1 aliphatic heterocycles. The molecule has 2 aromatic rings. The Morgan fingerprint density at radius 2 is 2.11 bits per heavy atom. The van der Waals surface area contributed by atoms with Crippen LogP contribution in [0.1, 0.15) is 23.3 Å². The van der Waals surface area contributed by atoms with Crippen LogP contribution in [0.2, 0.25) is 0 Å². The van der Waals surface area contributed by atoms with Crippen LogP contribution in [0.5, 0.6) is 0 Å². The highest BCUT2D eigenvalue weighted by Gasteiger charge is 2.21. The van der Waals surface area contributed by atoms with Crippen molar-refractivity contribution < 1.29 is 9.28 Å². The first-order valence-corrected chi connectivity index (χ1v) is 6.41. The quantitative estimate of drug-likeness (QED) is 0.856. The molecule has 1 amide bonds. The molecule has 1 saturated heterocycles. The van der Waals surface area contributed by atoms with Crippen LogP contribution in [-0.4, -0.2) is 35.0 Å². The van der Waals surface area contributed by atoms with Gasteiger partial charge in [-0.25, -0.2) is 0 Å². The Kier molecular flexibility index (Phi) is 3.16. The van der Waals surface area contributed by atoms with E-state index in [1.165, 1.54) is 0 Å². The fourth-order valence-corrected chi connectivity index (χ4v) is 2.42. The molecule has 6 heteroatoms. The molecular weight excluding hydrogens is 247 g/mol. The molecular formula is C13H15FN4O. The molecule has 2 heterocycles. The summed E-state index contributed by atoms with van der Waals surface area (Å²) in [6, 6.07) is 6.93. The second-order valence-electron chi connectivity index (χ2n) is 4.72. The fourth-order valence-electron chi connectivity index (χ4n) is 2.42. The van der Waals surface area contributed by atoms with Gasteiger partial charge in [-0.2, -0.15) is 0 Å². The number of benzene rings is 1. The van der Waals surface area contributed by atoms with E-state index in [1.807, 2.05) is 0 Å². The zero-order valence-corrected chi connectivity index (χ0v) is 10.4. The zero-order valence-electron chi connectivity index (χ0n) is 10.4. The van der Waals surface area contributed by atoms with Gasteiger partial charge in [0.05, 0.1) is 0 Å². The Hall–Kier alpha value is -1.95. The van der Waals surface area contributed by atoms with Gasteiger partial charge in [-0.05, 0) is 32.0 Å². The first-order chi connectivity index (χ1) is 9.25. The van der Waals surface area contributed by atoms with Gasteiger partial charge in [0.15, 0.2) is 5.69 Å². The molecule has 0 aliphatic carbocycles. The highest BCUT2D eigenvalue weighted by molar-refractivity contribution is 6.04. The molecule has 0 radical (unpaired) electrons. The summed E-state index contributed by atoms with van der Waals surface area (Å²) >= 11 is 0. The SMILES string of the molecule is O=C(NC1CCNCC1)c1nn(F)c2ccccc12. The van der Waals surface area contributed by atoms with Crippen molar-refractivity contribution in [1.29, 1.82) is 0 Å². The van der Waals surface area contributed by atoms with Crippen LogP contribution >= 0.6 is 0 Å². The minimum Gasteiger partial charge on any atom is -0.348 e. The number of nitrogens with one attached hydrogen (secondary N) is 2. The van der Waals surface area contributed by atoms with Crippen LogP contribution in [0.15, 0.2) is 24.3 Å². The number of rotatable bonds is 2. The van der Waals surface area contributed by atoms with Crippen molar-refractivity contribution in [1.82, 2.24) is 20.6 Å². The zero-order chi connectivity index (χ0) is 13.2. The number of carbonyl (C=O) groups is 1. The van der Waals surface area contributed by atoms with Crippen LogP contribution in [0, 0.1) is 0 Å². The van der Waals surface area contributed by atoms with Crippen molar-refractivity contribution in [2.75, 3.05) is 13.1 Å². The molecule has 2 N–H and O–H groups in total. The van der Waals surface area contributed by atoms with E-state index in [2.05, 4.69) is 15.7 Å². The van der Waals surface area contributed by atoms with Crippen LogP contribution in [-0.2, 0) is 0 Å². The van der Waals surface area contributed by atoms with Crippen molar-refractivity contribution >= 4 is 16.8 Å². The fraction of sp³-hybridized carbons (Fsp3) is 0.385. The number of para-hydroxylation sites is 1. The second kappa shape index (κ2) is 4.97. The molecule has 0 bridgehead atoms. The number of amides is 1. The van der Waals surface area contributed by atoms with Gasteiger partial charge < -0.3 is 10.6 Å². The van der Waals surface area contributed by atoms with E-state index >= 15 is 0 Å². The molecule has 3 rings (SSSR count). The summed E-state index contributed by atoms with van der Waals surface area (Å²) in [4.78, 5) is 12.4. The van der Waals surface area contributed by atoms with Gasteiger partial charge >= 0.3 is 0 Å². The lowest BCUT2D eigenvalue weighted by molar-refractivity contribution is 0.0923. The van der Waals surface area contributed by atoms with E-state index in [0.717, 1.165) is 25.9 Å². The number of hydrogen-bond acceptors (Lipinski definition) is 3. The third-order valence-electron chi connectivity index (χ3n) is 3.44. The molecule has 1 aromatic carbocycles. The van der Waals surface area contributed by atoms with Crippen molar-refractivity contribution in [2.24, 2.45) is 0 Å². The minimum absolute atomic E-state index is 0.136. The van der Waals surface area contributed by atoms with E-state index in [4.69, 9.17) is 0 Å². The summed E-state index contributed by atoms with van der Waals surface area (Å²) in [6.45, 7) is 1.78. The number of halogens is 1. The van der Waals surface area contributed by atoms with Gasteiger partial charge in [0.25, 0.3) is 5.91 Å². The molecule has 5 nitrogen and oxygen atoms in total. The summed E-state index contributed by atoms with van der Waals surface area (Å²) in [6.07, 6.45) is 1.78. The van der Waals surface area contributed by atoms with Crippen molar-refractivity contribution in [3.05, 3.63) is 30.0 Å². The van der Waals surface area contributed by atoms with Crippen molar-refractivity contribution in [3.63, 3.8) is 0 Å². The highest BCUT2D eigenvalue weighted by Crippen LogP contribution is 2.18. The molecule has 0 unspecified atom stereocenters. The molecule has 19 heavy (non-hydrogen) atoms. The minimum atomic E-state index is -0.306. The normalized spacial score (nSPS) is 16.7. The summed E-state index contributed by atoms with van der Waals surface area (Å²) in [5.74, 6) is -0.306. The predicted octanol–water partition coefficient (Wildman–Crippen LogP) is 1.25. The molecule has 1 fully saturated rings. The number of fused-ring (bicyclic) bond motifs is 1. The largest absolute Gasteiger partial charge is 0.348 e. The topological polar surface area (TPSA) is 59.0 Å². The van der Waals surface area contributed by atoms with E-state index in [-0.39, 0.29) is 22.5 Å². The van der Waals surface area contributed by atoms with Crippen LogP contribution in [0.3, 0.4) is 0 Å². The Labute approximate surface area is 109 Å². The molecule has 100 valence electrons. The smallest absolute Gasteiger partial charge is 0.272 e. The Balaban J connectivity index is 1.85. The van der Waals surface area contributed by atoms with Gasteiger partial charge in [0.2, 0.25) is 0 Å². The van der Waals surface area contributed by atoms with E-state index in [9.17, 15) is 9.28 Å². The number of piperidine rings is 1. The first-order valence-electron chi connectivity index (χ1n) is 6.41. The van der Waals surface area contributed by atoms with Gasteiger partial charge in [-0.1, -0.05) is 27.6 Å². The molecule has 1 aliphatic rings. The molecule has 0 atom stereocenters. The van der Waals surface area contributed by atoms with Crippen LogP contribution in [0.4, 0.5) is 4.48 Å². The number of nitrogens with zero attached hydrogens (tertiary/aromatic N) is 2. The van der Waals surface area contributed by atoms with E-state index in [1.54, 1.807) is 24.3 Å². The second-order valence-corrected chi connectivity index (χ2v) is 4.72. The summed E-state index contributed by atoms with van der Waals surface area (Å²) in [5, 5.41) is 10.4. The first kappa shape index (κ1) is 12.1. The third kappa shape index (κ3) is 2.31. The summed E-state index contributed by atoms with van der Waals surface area (Å²) < 4.78 is 13.6. The summed E-state index contributed by atoms with van der Waals surface area (Å²) in [5.41, 5.74) is 0.467. The maximum absolute atomic E-state index is 13.6. The average molecular weight is 262 g/mol. The average Bonchev–Trinajstić information content (AvgIpc) is 2.78. The van der Waals surface area contributed by atoms with Crippen LogP contribution < -0.4 is 10.6 Å². The monoisotopic (exact) mass is 262 g/mol. The molecule has 0 saturated carbocycles. The third-order valence-corrected chi connectivity index (χ3v) is 3.44. The summed E-state index contributed by atoms with van der Waals surface area (Å²) in [7, 11) is 0. The number of carbonyl (C=O) groups excluding carboxylic acids is 1. The highest BCUT2D eigenvalue weighted by atomic mass is 19.2. The predicted molar refractivity (Wildman–Crippen MR) is 69.6 cm³/mol. The van der Waals surface area contributed by atoms with E-state index < -0.39 is 0 Å². The Morgan fingerprint density at radius 1 is 1.37 bits per heavy atom. The number of hydrogen-bond donors (Lipinski definition) is 2. The maximum Gasteiger partial charge on any atom is 0.272 e. The van der Waals surface area contributed by atoms with Crippen molar-refractivity contribution in [2.45, 2.75) is 18.9 Å². The van der Waals surface area contributed by atoms with Gasteiger partial charge in [0, 0.05) is 11.4 Å². The molecule has 1 aromatic heterocycles. The lowest BCUT2D eigenvalue weighted by Gasteiger charge is -2.23. The van der Waals surface area contributed by atoms with Gasteiger partial charge in [0.1, 0.15) is 5.52 Å². The van der Waals surface area contributed by atoms with Crippen molar-refractivity contribution in [3.8, 4) is 0 Å². The lowest BCUT2D eigenvalue weighted by atomic mass is 10.1. The van der Waals surface area contributed by atoms with Crippen LogP contribution in [0.25, 0.3) is 10.9 Å². The standard InChI is InChI=1S/C13H15FN4O/c14-18-11-4-2-1-3-10(11)12(17-18)13(19)16-9-5-7-15-8-6-9/h1-4,9,15H,5-8H2,(H,16,19). The maximum atomic E-state index is 13.6. The van der Waals surface area contributed by atoms with Gasteiger partial charge in [-0.3, -0.25) is 4.79 Å². The Bertz CT molecular complexity index is 604. The van der Waals surface area contributed by atoms with E-state index in [0.29, 0.717) is 10.9 Å².